The van der Waals surface area contributed by atoms with Gasteiger partial charge in [0.15, 0.2) is 5.70 Å². The van der Waals surface area contributed by atoms with Crippen molar-refractivity contribution in [3.63, 3.8) is 0 Å². The first-order valence-electron chi connectivity index (χ1n) is 5.98. The van der Waals surface area contributed by atoms with Crippen LogP contribution < -0.4 is 0 Å². The van der Waals surface area contributed by atoms with Gasteiger partial charge in [-0.3, -0.25) is 0 Å². The van der Waals surface area contributed by atoms with Gasteiger partial charge in [-0.2, -0.15) is 0 Å². The average molecular weight is 256 g/mol. The van der Waals surface area contributed by atoms with Gasteiger partial charge in [-0.05, 0) is 18.6 Å². The quantitative estimate of drug-likeness (QED) is 0.616. The Balaban J connectivity index is 2.12. The fraction of sp³-hybridized carbons (Fsp3) is 0.200. The summed E-state index contributed by atoms with van der Waals surface area (Å²) in [5.41, 5.74) is 2.56. The minimum atomic E-state index is -0.419. The lowest BCUT2D eigenvalue weighted by Crippen LogP contribution is -2.06. The number of hydrogen-bond donors (Lipinski definition) is 0. The monoisotopic (exact) mass is 256 g/mol. The van der Waals surface area contributed by atoms with Crippen molar-refractivity contribution in [2.45, 2.75) is 6.92 Å². The maximum Gasteiger partial charge on any atom is 0.365 e. The zero-order valence-corrected chi connectivity index (χ0v) is 11.3. The smallest absolute Gasteiger partial charge is 0.365 e. The molecule has 0 amide bonds. The molecule has 1 aliphatic heterocycles. The number of rotatable bonds is 3. The minimum Gasteiger partial charge on any atom is -0.403 e. The highest BCUT2D eigenvalue weighted by molar-refractivity contribution is 6.09. The maximum atomic E-state index is 11.5. The van der Waals surface area contributed by atoms with Crippen LogP contribution in [0.2, 0.25) is 0 Å². The Morgan fingerprint density at radius 1 is 1.16 bits per heavy atom. The third-order valence-corrected chi connectivity index (χ3v) is 2.51. The zero-order chi connectivity index (χ0) is 13.8. The lowest BCUT2D eigenvalue weighted by atomic mass is 10.1. The SMILES string of the molecule is Cc1ccc(/C=C/C2=NC(=C\N(C)C)/C(=O)O2)cc1. The van der Waals surface area contributed by atoms with Crippen molar-refractivity contribution in [3.05, 3.63) is 53.4 Å². The molecule has 0 unspecified atom stereocenters. The third-order valence-electron chi connectivity index (χ3n) is 2.51. The molecule has 0 aromatic heterocycles. The van der Waals surface area contributed by atoms with Crippen LogP contribution in [0.3, 0.4) is 0 Å². The molecule has 0 saturated carbocycles. The highest BCUT2D eigenvalue weighted by atomic mass is 16.6. The molecule has 1 heterocycles. The van der Waals surface area contributed by atoms with E-state index in [9.17, 15) is 4.79 Å². The van der Waals surface area contributed by atoms with Crippen molar-refractivity contribution in [3.8, 4) is 0 Å². The number of esters is 1. The van der Waals surface area contributed by atoms with Gasteiger partial charge in [0.2, 0.25) is 5.90 Å². The van der Waals surface area contributed by atoms with Crippen LogP contribution in [0.15, 0.2) is 47.2 Å². The lowest BCUT2D eigenvalue weighted by molar-refractivity contribution is -0.130. The number of aryl methyl sites for hydroxylation is 1. The molecule has 1 aromatic carbocycles. The second-order valence-corrected chi connectivity index (χ2v) is 4.56. The predicted octanol–water partition coefficient (Wildman–Crippen LogP) is 2.37. The molecule has 19 heavy (non-hydrogen) atoms. The summed E-state index contributed by atoms with van der Waals surface area (Å²) < 4.78 is 5.05. The van der Waals surface area contributed by atoms with E-state index in [-0.39, 0.29) is 0 Å². The van der Waals surface area contributed by atoms with Crippen molar-refractivity contribution >= 4 is 17.9 Å². The van der Waals surface area contributed by atoms with Crippen LogP contribution >= 0.6 is 0 Å². The first-order valence-corrected chi connectivity index (χ1v) is 5.98. The standard InChI is InChI=1S/C15H16N2O2/c1-11-4-6-12(7-5-11)8-9-14-16-13(10-17(2)3)15(18)19-14/h4-10H,1-3H3/b9-8+,13-10-. The molecule has 0 atom stereocenters. The normalized spacial score (nSPS) is 16.9. The summed E-state index contributed by atoms with van der Waals surface area (Å²) in [5, 5.41) is 0. The first-order chi connectivity index (χ1) is 9.04. The number of carbonyl (C=O) groups excluding carboxylic acids is 1. The van der Waals surface area contributed by atoms with E-state index >= 15 is 0 Å². The van der Waals surface area contributed by atoms with E-state index in [4.69, 9.17) is 4.74 Å². The Morgan fingerprint density at radius 2 is 1.84 bits per heavy atom. The zero-order valence-electron chi connectivity index (χ0n) is 11.3. The van der Waals surface area contributed by atoms with Gasteiger partial charge in [0.05, 0.1) is 0 Å². The maximum absolute atomic E-state index is 11.5. The second-order valence-electron chi connectivity index (χ2n) is 4.56. The fourth-order valence-corrected chi connectivity index (χ4v) is 1.58. The Bertz CT molecular complexity index is 566. The molecule has 0 spiro atoms. The van der Waals surface area contributed by atoms with E-state index in [1.807, 2.05) is 51.4 Å². The van der Waals surface area contributed by atoms with Crippen LogP contribution in [0, 0.1) is 6.92 Å². The molecular weight excluding hydrogens is 240 g/mol. The van der Waals surface area contributed by atoms with Crippen molar-refractivity contribution in [2.75, 3.05) is 14.1 Å². The van der Waals surface area contributed by atoms with Crippen LogP contribution in [0.5, 0.6) is 0 Å². The van der Waals surface area contributed by atoms with Crippen molar-refractivity contribution < 1.29 is 9.53 Å². The molecule has 1 aliphatic rings. The van der Waals surface area contributed by atoms with Crippen molar-refractivity contribution in [1.29, 1.82) is 0 Å². The van der Waals surface area contributed by atoms with Crippen LogP contribution in [-0.2, 0) is 9.53 Å². The summed E-state index contributed by atoms with van der Waals surface area (Å²) in [6.07, 6.45) is 5.19. The van der Waals surface area contributed by atoms with Gasteiger partial charge in [0.25, 0.3) is 0 Å². The molecule has 0 aliphatic carbocycles. The molecule has 4 heteroatoms. The van der Waals surface area contributed by atoms with E-state index < -0.39 is 5.97 Å². The van der Waals surface area contributed by atoms with Gasteiger partial charge in [0, 0.05) is 26.4 Å². The number of benzene rings is 1. The number of hydrogen-bond acceptors (Lipinski definition) is 4. The lowest BCUT2D eigenvalue weighted by Gasteiger charge is -2.02. The number of aliphatic imine (C=N–C) groups is 1. The largest absolute Gasteiger partial charge is 0.403 e. The molecule has 0 N–H and O–H groups in total. The van der Waals surface area contributed by atoms with E-state index in [1.54, 1.807) is 17.2 Å². The third kappa shape index (κ3) is 3.55. The summed E-state index contributed by atoms with van der Waals surface area (Å²) in [7, 11) is 3.66. The molecule has 1 aromatic rings. The molecule has 0 fully saturated rings. The highest BCUT2D eigenvalue weighted by Crippen LogP contribution is 2.13. The molecule has 4 nitrogen and oxygen atoms in total. The summed E-state index contributed by atoms with van der Waals surface area (Å²) >= 11 is 0. The van der Waals surface area contributed by atoms with E-state index in [0.29, 0.717) is 11.6 Å². The van der Waals surface area contributed by atoms with Gasteiger partial charge in [0.1, 0.15) is 0 Å². The Labute approximate surface area is 112 Å². The number of nitrogens with zero attached hydrogens (tertiary/aromatic N) is 2. The minimum absolute atomic E-state index is 0.313. The fourth-order valence-electron chi connectivity index (χ4n) is 1.58. The highest BCUT2D eigenvalue weighted by Gasteiger charge is 2.21. The second kappa shape index (κ2) is 5.52. The summed E-state index contributed by atoms with van der Waals surface area (Å²) in [6, 6.07) is 8.05. The summed E-state index contributed by atoms with van der Waals surface area (Å²) in [6.45, 7) is 2.04. The van der Waals surface area contributed by atoms with Crippen LogP contribution in [0.25, 0.3) is 6.08 Å². The number of carbonyl (C=O) groups is 1. The molecule has 0 saturated heterocycles. The predicted molar refractivity (Wildman–Crippen MR) is 75.5 cm³/mol. The number of ether oxygens (including phenoxy) is 1. The van der Waals surface area contributed by atoms with Crippen LogP contribution in [-0.4, -0.2) is 30.9 Å². The van der Waals surface area contributed by atoms with Gasteiger partial charge < -0.3 is 9.64 Å². The first kappa shape index (κ1) is 13.1. The Morgan fingerprint density at radius 3 is 2.47 bits per heavy atom. The topological polar surface area (TPSA) is 41.9 Å². The molecular formula is C15H16N2O2. The van der Waals surface area contributed by atoms with Gasteiger partial charge >= 0.3 is 5.97 Å². The van der Waals surface area contributed by atoms with Crippen LogP contribution in [0.4, 0.5) is 0 Å². The Hall–Kier alpha value is -2.36. The Kier molecular flexibility index (Phi) is 3.80. The van der Waals surface area contributed by atoms with E-state index in [0.717, 1.165) is 5.56 Å². The van der Waals surface area contributed by atoms with Gasteiger partial charge in [-0.15, -0.1) is 0 Å². The van der Waals surface area contributed by atoms with Gasteiger partial charge in [-0.25, -0.2) is 9.79 Å². The average Bonchev–Trinajstić information content (AvgIpc) is 2.69. The van der Waals surface area contributed by atoms with Crippen molar-refractivity contribution in [2.24, 2.45) is 4.99 Å². The molecule has 2 rings (SSSR count). The van der Waals surface area contributed by atoms with Crippen molar-refractivity contribution in [1.82, 2.24) is 4.90 Å². The number of cyclic esters (lactones) is 1. The molecule has 98 valence electrons. The summed E-state index contributed by atoms with van der Waals surface area (Å²) in [4.78, 5) is 17.4. The van der Waals surface area contributed by atoms with E-state index in [2.05, 4.69) is 4.99 Å². The molecule has 0 bridgehead atoms. The summed E-state index contributed by atoms with van der Waals surface area (Å²) in [5.74, 6) is -0.101. The van der Waals surface area contributed by atoms with Gasteiger partial charge in [-0.1, -0.05) is 29.8 Å². The van der Waals surface area contributed by atoms with E-state index in [1.165, 1.54) is 5.56 Å². The van der Waals surface area contributed by atoms with Crippen LogP contribution in [0.1, 0.15) is 11.1 Å². The molecule has 0 radical (unpaired) electrons.